The summed E-state index contributed by atoms with van der Waals surface area (Å²) in [5.74, 6) is -2.72. The van der Waals surface area contributed by atoms with Crippen LogP contribution in [0.2, 0.25) is 0 Å². The second-order valence-electron chi connectivity index (χ2n) is 12.5. The second-order valence-corrected chi connectivity index (χ2v) is 12.5. The Hall–Kier alpha value is -4.34. The number of amides is 2. The molecule has 2 amide bonds. The second kappa shape index (κ2) is 12.3. The largest absolute Gasteiger partial charge is 0.471 e. The van der Waals surface area contributed by atoms with Crippen molar-refractivity contribution in [3.63, 3.8) is 0 Å². The van der Waals surface area contributed by atoms with E-state index in [1.54, 1.807) is 30.3 Å². The number of alkyl halides is 6. The number of nitrogens with zero attached hydrogens (tertiary/aromatic N) is 3. The lowest BCUT2D eigenvalue weighted by Gasteiger charge is -2.41. The molecule has 1 spiro atoms. The Bertz CT molecular complexity index is 1800. The monoisotopic (exact) mass is 682 g/mol. The highest BCUT2D eigenvalue weighted by Crippen LogP contribution is 2.51. The van der Waals surface area contributed by atoms with E-state index < -0.39 is 77.1 Å². The van der Waals surface area contributed by atoms with E-state index in [1.807, 2.05) is 0 Å². The summed E-state index contributed by atoms with van der Waals surface area (Å²) in [6.07, 6.45) is -11.3. The van der Waals surface area contributed by atoms with E-state index in [1.165, 1.54) is 6.92 Å². The fourth-order valence-corrected chi connectivity index (χ4v) is 7.45. The van der Waals surface area contributed by atoms with Gasteiger partial charge in [0.15, 0.2) is 0 Å². The first-order chi connectivity index (χ1) is 22.6. The molecule has 10 nitrogen and oxygen atoms in total. The van der Waals surface area contributed by atoms with Crippen molar-refractivity contribution >= 4 is 28.9 Å². The van der Waals surface area contributed by atoms with Gasteiger partial charge in [-0.2, -0.15) is 30.9 Å². The van der Waals surface area contributed by atoms with Crippen LogP contribution in [-0.2, 0) is 38.4 Å². The van der Waals surface area contributed by atoms with Crippen molar-refractivity contribution in [1.29, 1.82) is 0 Å². The summed E-state index contributed by atoms with van der Waals surface area (Å²) in [7, 11) is 0. The number of hydrogen-bond acceptors (Lipinski definition) is 6. The van der Waals surface area contributed by atoms with Crippen LogP contribution in [0.3, 0.4) is 0 Å². The molecule has 2 aliphatic heterocycles. The fourth-order valence-electron chi connectivity index (χ4n) is 7.45. The molecule has 2 aromatic carbocycles. The Morgan fingerprint density at radius 3 is 2.35 bits per heavy atom. The van der Waals surface area contributed by atoms with Crippen molar-refractivity contribution < 1.29 is 50.2 Å². The van der Waals surface area contributed by atoms with Gasteiger partial charge in [0.25, 0.3) is 0 Å². The summed E-state index contributed by atoms with van der Waals surface area (Å²) in [4.78, 5) is 55.1. The molecule has 1 saturated heterocycles. The number of halogens is 6. The Labute approximate surface area is 269 Å². The molecule has 0 bridgehead atoms. The van der Waals surface area contributed by atoms with Crippen LogP contribution in [0.4, 0.5) is 31.1 Å². The van der Waals surface area contributed by atoms with Crippen LogP contribution < -0.4 is 11.0 Å². The number of carbonyl (C=O) groups is 3. The molecule has 48 heavy (non-hydrogen) atoms. The van der Waals surface area contributed by atoms with Crippen LogP contribution >= 0.6 is 0 Å². The van der Waals surface area contributed by atoms with E-state index >= 15 is 0 Å². The van der Waals surface area contributed by atoms with Gasteiger partial charge in [-0.1, -0.05) is 30.3 Å². The van der Waals surface area contributed by atoms with Crippen molar-refractivity contribution in [2.24, 2.45) is 5.41 Å². The summed E-state index contributed by atoms with van der Waals surface area (Å²) in [5.41, 5.74) is -3.77. The van der Waals surface area contributed by atoms with Gasteiger partial charge in [0.1, 0.15) is 6.61 Å². The lowest BCUT2D eigenvalue weighted by atomic mass is 9.77. The minimum Gasteiger partial charge on any atom is -0.444 e. The number of ether oxygens (including phenoxy) is 2. The van der Waals surface area contributed by atoms with Gasteiger partial charge >= 0.3 is 30.0 Å². The summed E-state index contributed by atoms with van der Waals surface area (Å²) in [6, 6.07) is 6.85. The zero-order chi connectivity index (χ0) is 34.6. The first-order valence-electron chi connectivity index (χ1n) is 15.5. The maximum atomic E-state index is 14.1. The zero-order valence-electron chi connectivity index (χ0n) is 25.7. The number of nitrogens with one attached hydrogen (secondary N) is 1. The maximum Gasteiger partial charge on any atom is 0.471 e. The molecule has 6 rings (SSSR count). The highest BCUT2D eigenvalue weighted by Gasteiger charge is 2.56. The lowest BCUT2D eigenvalue weighted by molar-refractivity contribution is -0.192. The van der Waals surface area contributed by atoms with Crippen molar-refractivity contribution in [2.75, 3.05) is 13.2 Å². The Kier molecular flexibility index (Phi) is 8.58. The number of carbonyl (C=O) groups excluding carboxylic acids is 3. The molecule has 1 aliphatic carbocycles. The van der Waals surface area contributed by atoms with Gasteiger partial charge in [0, 0.05) is 31.8 Å². The minimum atomic E-state index is -5.18. The van der Waals surface area contributed by atoms with Gasteiger partial charge in [-0.05, 0) is 62.3 Å². The number of hydrogen-bond donors (Lipinski definition) is 1. The van der Waals surface area contributed by atoms with Crippen LogP contribution in [0.25, 0.3) is 11.0 Å². The molecule has 0 radical (unpaired) electrons. The van der Waals surface area contributed by atoms with E-state index in [-0.39, 0.29) is 63.0 Å². The topological polar surface area (TPSA) is 112 Å². The number of benzene rings is 2. The Balaban J connectivity index is 1.45. The molecular weight excluding hydrogens is 650 g/mol. The molecule has 258 valence electrons. The number of aromatic nitrogens is 2. The van der Waals surface area contributed by atoms with Crippen LogP contribution in [-0.4, -0.2) is 63.4 Å². The van der Waals surface area contributed by atoms with Crippen LogP contribution in [0, 0.1) is 5.41 Å². The minimum absolute atomic E-state index is 0.00543. The van der Waals surface area contributed by atoms with Crippen LogP contribution in [0.5, 0.6) is 0 Å². The molecule has 3 atom stereocenters. The van der Waals surface area contributed by atoms with Gasteiger partial charge in [0.2, 0.25) is 5.91 Å². The highest BCUT2D eigenvalue weighted by molar-refractivity contribution is 5.92. The first kappa shape index (κ1) is 33.6. The smallest absolute Gasteiger partial charge is 0.444 e. The van der Waals surface area contributed by atoms with Crippen molar-refractivity contribution in [2.45, 2.75) is 82.7 Å². The summed E-state index contributed by atoms with van der Waals surface area (Å²) in [6.45, 7) is 1.02. The van der Waals surface area contributed by atoms with Gasteiger partial charge in [-0.25, -0.2) is 9.59 Å². The maximum absolute atomic E-state index is 14.1. The fraction of sp³-hybridized carbons (Fsp3) is 0.500. The third-order valence-electron chi connectivity index (χ3n) is 9.82. The van der Waals surface area contributed by atoms with Crippen LogP contribution in [0.15, 0.2) is 47.3 Å². The molecular formula is C32H32F6N4O6. The van der Waals surface area contributed by atoms with Crippen molar-refractivity contribution in [3.05, 3.63) is 69.6 Å². The summed E-state index contributed by atoms with van der Waals surface area (Å²) in [5, 5.41) is 2.64. The average Bonchev–Trinajstić information content (AvgIpc) is 3.62. The number of rotatable bonds is 4. The lowest BCUT2D eigenvalue weighted by Crippen LogP contribution is -2.54. The van der Waals surface area contributed by atoms with Crippen LogP contribution in [0.1, 0.15) is 61.8 Å². The van der Waals surface area contributed by atoms with E-state index in [2.05, 4.69) is 5.32 Å². The molecule has 3 heterocycles. The molecule has 1 saturated carbocycles. The van der Waals surface area contributed by atoms with Gasteiger partial charge in [-0.3, -0.25) is 14.2 Å². The molecule has 1 N–H and O–H groups in total. The van der Waals surface area contributed by atoms with Crippen molar-refractivity contribution in [1.82, 2.24) is 19.4 Å². The zero-order valence-corrected chi connectivity index (χ0v) is 25.7. The summed E-state index contributed by atoms with van der Waals surface area (Å²) >= 11 is 0. The van der Waals surface area contributed by atoms with Gasteiger partial charge in [-0.15, -0.1) is 0 Å². The first-order valence-corrected chi connectivity index (χ1v) is 15.5. The standard InChI is InChI=1S/C32H32F6N4O6/c1-18-30(10-7-23(15-30)41(27(44)32(36,37)38)22-8-11-47-12-9-22)26(43)39-16-20-13-21(31(33,34)35)14-24-25(20)40(18)28(45)42(24)29(46)48-17-19-5-3-2-4-6-19/h2-6,13-14,18,22-23H,7-12,15-17H2,1H3,(H,39,43)/t18?,23-,30+/m1/s1. The molecule has 16 heteroatoms. The van der Waals surface area contributed by atoms with E-state index in [4.69, 9.17) is 9.47 Å². The average molecular weight is 683 g/mol. The quantitative estimate of drug-likeness (QED) is 0.374. The normalized spacial score (nSPS) is 23.5. The van der Waals surface area contributed by atoms with E-state index in [9.17, 15) is 45.5 Å². The van der Waals surface area contributed by atoms with E-state index in [0.717, 1.165) is 15.5 Å². The highest BCUT2D eigenvalue weighted by atomic mass is 19.4. The predicted molar refractivity (Wildman–Crippen MR) is 157 cm³/mol. The predicted octanol–water partition coefficient (Wildman–Crippen LogP) is 5.31. The Morgan fingerprint density at radius 2 is 1.71 bits per heavy atom. The van der Waals surface area contributed by atoms with Crippen molar-refractivity contribution in [3.8, 4) is 0 Å². The SMILES string of the molecule is CC1n2c(=O)n(C(=O)OCc3ccccc3)c3cc(C(F)(F)F)cc(c32)CNC(=O)[C@]12CC[C@@H](N(C(=O)C(F)(F)F)C1CCOCC1)C2. The molecule has 3 aliphatic rings. The van der Waals surface area contributed by atoms with Gasteiger partial charge < -0.3 is 19.7 Å². The third-order valence-corrected chi connectivity index (χ3v) is 9.82. The molecule has 2 fully saturated rings. The number of imidazole rings is 1. The van der Waals surface area contributed by atoms with Gasteiger partial charge in [0.05, 0.1) is 28.1 Å². The summed E-state index contributed by atoms with van der Waals surface area (Å²) < 4.78 is 95.9. The third kappa shape index (κ3) is 5.83. The molecule has 3 aromatic rings. The van der Waals surface area contributed by atoms with E-state index in [0.29, 0.717) is 16.2 Å². The Morgan fingerprint density at radius 1 is 1.02 bits per heavy atom. The molecule has 1 aromatic heterocycles. The molecule has 1 unspecified atom stereocenters.